The van der Waals surface area contributed by atoms with Crippen LogP contribution in [-0.4, -0.2) is 77.4 Å². The normalized spacial score (nSPS) is 25.7. The van der Waals surface area contributed by atoms with Crippen molar-refractivity contribution in [2.75, 3.05) is 27.9 Å². The predicted molar refractivity (Wildman–Crippen MR) is 116 cm³/mol. The van der Waals surface area contributed by atoms with E-state index < -0.39 is 29.0 Å². The van der Waals surface area contributed by atoms with Crippen molar-refractivity contribution in [3.8, 4) is 23.0 Å². The van der Waals surface area contributed by atoms with Crippen LogP contribution in [0.15, 0.2) is 36.4 Å². The SMILES string of the molecule is COc1cc(OC)c(Cc2ccccc2O[C@@H]2S[C@H](CO)[C@@H](O)[C@H](O)[C@H]2O)c(OC)c1. The molecule has 0 radical (unpaired) electrons. The molecule has 2 aromatic rings. The van der Waals surface area contributed by atoms with Crippen molar-refractivity contribution < 1.29 is 39.4 Å². The molecular weight excluding hydrogens is 424 g/mol. The lowest BCUT2D eigenvalue weighted by molar-refractivity contribution is -0.0910. The summed E-state index contributed by atoms with van der Waals surface area (Å²) in [6.45, 7) is -0.350. The van der Waals surface area contributed by atoms with Crippen LogP contribution >= 0.6 is 11.8 Å². The van der Waals surface area contributed by atoms with Crippen LogP contribution in [0.4, 0.5) is 0 Å². The van der Waals surface area contributed by atoms with Crippen LogP contribution in [0.5, 0.6) is 23.0 Å². The van der Waals surface area contributed by atoms with Crippen LogP contribution in [0.3, 0.4) is 0 Å². The number of hydrogen-bond donors (Lipinski definition) is 4. The molecule has 1 saturated heterocycles. The lowest BCUT2D eigenvalue weighted by Gasteiger charge is -2.39. The van der Waals surface area contributed by atoms with Gasteiger partial charge in [-0.1, -0.05) is 18.2 Å². The number of aliphatic hydroxyl groups excluding tert-OH is 4. The van der Waals surface area contributed by atoms with Crippen LogP contribution < -0.4 is 18.9 Å². The van der Waals surface area contributed by atoms with Gasteiger partial charge in [-0.05, 0) is 11.6 Å². The molecule has 0 aliphatic carbocycles. The Morgan fingerprint density at radius 1 is 0.839 bits per heavy atom. The third-order valence-corrected chi connectivity index (χ3v) is 6.67. The molecule has 0 amide bonds. The molecule has 31 heavy (non-hydrogen) atoms. The highest BCUT2D eigenvalue weighted by Crippen LogP contribution is 2.39. The summed E-state index contributed by atoms with van der Waals surface area (Å²) in [4.78, 5) is 0. The van der Waals surface area contributed by atoms with Crippen LogP contribution in [0.2, 0.25) is 0 Å². The van der Waals surface area contributed by atoms with E-state index in [1.165, 1.54) is 0 Å². The van der Waals surface area contributed by atoms with E-state index in [-0.39, 0.29) is 6.61 Å². The highest BCUT2D eigenvalue weighted by Gasteiger charge is 2.44. The van der Waals surface area contributed by atoms with Gasteiger partial charge in [-0.3, -0.25) is 0 Å². The molecule has 1 heterocycles. The van der Waals surface area contributed by atoms with Gasteiger partial charge < -0.3 is 39.4 Å². The highest BCUT2D eigenvalue weighted by molar-refractivity contribution is 8.00. The summed E-state index contributed by atoms with van der Waals surface area (Å²) in [5, 5.41) is 39.4. The van der Waals surface area contributed by atoms with E-state index in [1.807, 2.05) is 12.1 Å². The molecule has 3 rings (SSSR count). The van der Waals surface area contributed by atoms with Crippen molar-refractivity contribution in [2.24, 2.45) is 0 Å². The maximum absolute atomic E-state index is 10.4. The fourth-order valence-corrected chi connectivity index (χ4v) is 4.73. The van der Waals surface area contributed by atoms with Gasteiger partial charge in [-0.15, -0.1) is 11.8 Å². The van der Waals surface area contributed by atoms with Crippen molar-refractivity contribution in [1.82, 2.24) is 0 Å². The topological polar surface area (TPSA) is 118 Å². The molecule has 8 nitrogen and oxygen atoms in total. The van der Waals surface area contributed by atoms with Gasteiger partial charge in [-0.2, -0.15) is 0 Å². The van der Waals surface area contributed by atoms with E-state index in [4.69, 9.17) is 18.9 Å². The Bertz CT molecular complexity index is 849. The second-order valence-corrected chi connectivity index (χ2v) is 8.45. The molecule has 1 aliphatic rings. The van der Waals surface area contributed by atoms with Crippen molar-refractivity contribution in [2.45, 2.75) is 35.4 Å². The van der Waals surface area contributed by atoms with Gasteiger partial charge in [0.2, 0.25) is 0 Å². The Hall–Kier alpha value is -2.17. The summed E-state index contributed by atoms with van der Waals surface area (Å²) in [6.07, 6.45) is -3.57. The molecule has 0 spiro atoms. The van der Waals surface area contributed by atoms with Crippen LogP contribution in [0.1, 0.15) is 11.1 Å². The molecule has 0 unspecified atom stereocenters. The predicted octanol–water partition coefficient (Wildman–Crippen LogP) is 1.20. The number of hydrogen-bond acceptors (Lipinski definition) is 9. The minimum Gasteiger partial charge on any atom is -0.496 e. The Balaban J connectivity index is 1.90. The third kappa shape index (κ3) is 5.02. The Morgan fingerprint density at radius 3 is 2.06 bits per heavy atom. The number of thioether (sulfide) groups is 1. The van der Waals surface area contributed by atoms with E-state index in [0.29, 0.717) is 29.4 Å². The summed E-state index contributed by atoms with van der Waals surface area (Å²) in [5.74, 6) is 2.29. The molecule has 9 heteroatoms. The van der Waals surface area contributed by atoms with Gasteiger partial charge in [0, 0.05) is 24.1 Å². The third-order valence-electron chi connectivity index (χ3n) is 5.25. The van der Waals surface area contributed by atoms with E-state index in [9.17, 15) is 20.4 Å². The van der Waals surface area contributed by atoms with Crippen LogP contribution in [-0.2, 0) is 6.42 Å². The zero-order chi connectivity index (χ0) is 22.5. The zero-order valence-corrected chi connectivity index (χ0v) is 18.4. The zero-order valence-electron chi connectivity index (χ0n) is 17.6. The van der Waals surface area contributed by atoms with Gasteiger partial charge >= 0.3 is 0 Å². The minimum atomic E-state index is -1.42. The second kappa shape index (κ2) is 10.4. The lowest BCUT2D eigenvalue weighted by Crippen LogP contribution is -2.55. The quantitative estimate of drug-likeness (QED) is 0.469. The lowest BCUT2D eigenvalue weighted by atomic mass is 10.0. The maximum Gasteiger partial charge on any atom is 0.173 e. The standard InChI is InChI=1S/C22H28O8S/c1-27-13-9-16(28-2)14(17(10-13)29-3)8-12-6-4-5-7-15(12)30-22-21(26)20(25)19(24)18(11-23)31-22/h4-7,9-10,18-26H,8,11H2,1-3H3/t18-,19-,20+,21-,22-/m1/s1. The van der Waals surface area contributed by atoms with Crippen LogP contribution in [0.25, 0.3) is 0 Å². The van der Waals surface area contributed by atoms with Gasteiger partial charge in [0.25, 0.3) is 0 Å². The number of aliphatic hydroxyl groups is 4. The van der Waals surface area contributed by atoms with E-state index in [0.717, 1.165) is 22.9 Å². The van der Waals surface area contributed by atoms with Gasteiger partial charge in [-0.25, -0.2) is 0 Å². The molecule has 5 atom stereocenters. The largest absolute Gasteiger partial charge is 0.496 e. The molecule has 0 aromatic heterocycles. The molecule has 0 bridgehead atoms. The smallest absolute Gasteiger partial charge is 0.173 e. The highest BCUT2D eigenvalue weighted by atomic mass is 32.2. The first-order chi connectivity index (χ1) is 14.9. The first-order valence-corrected chi connectivity index (χ1v) is 10.7. The molecule has 0 saturated carbocycles. The molecule has 4 N–H and O–H groups in total. The van der Waals surface area contributed by atoms with E-state index in [1.54, 1.807) is 45.6 Å². The van der Waals surface area contributed by atoms with Crippen molar-refractivity contribution >= 4 is 11.8 Å². The Kier molecular flexibility index (Phi) is 7.90. The summed E-state index contributed by atoms with van der Waals surface area (Å²) in [5.41, 5.74) is 0.733. The maximum atomic E-state index is 10.4. The molecule has 170 valence electrons. The van der Waals surface area contributed by atoms with Gasteiger partial charge in [0.1, 0.15) is 35.2 Å². The number of ether oxygens (including phenoxy) is 4. The van der Waals surface area contributed by atoms with Crippen molar-refractivity contribution in [3.63, 3.8) is 0 Å². The second-order valence-electron chi connectivity index (χ2n) is 7.11. The molecule has 1 aliphatic heterocycles. The summed E-state index contributed by atoms with van der Waals surface area (Å²) < 4.78 is 22.4. The van der Waals surface area contributed by atoms with Crippen molar-refractivity contribution in [3.05, 3.63) is 47.5 Å². The van der Waals surface area contributed by atoms with Crippen LogP contribution in [0, 0.1) is 0 Å². The number of methoxy groups -OCH3 is 3. The first-order valence-electron chi connectivity index (χ1n) is 9.77. The monoisotopic (exact) mass is 452 g/mol. The van der Waals surface area contributed by atoms with E-state index in [2.05, 4.69) is 0 Å². The fraction of sp³-hybridized carbons (Fsp3) is 0.455. The average Bonchev–Trinajstić information content (AvgIpc) is 2.80. The van der Waals surface area contributed by atoms with Crippen molar-refractivity contribution in [1.29, 1.82) is 0 Å². The summed E-state index contributed by atoms with van der Waals surface area (Å²) >= 11 is 1.08. The Morgan fingerprint density at radius 2 is 1.48 bits per heavy atom. The molecule has 2 aromatic carbocycles. The summed E-state index contributed by atoms with van der Waals surface area (Å²) in [7, 11) is 4.70. The Labute approximate surface area is 185 Å². The summed E-state index contributed by atoms with van der Waals surface area (Å²) in [6, 6.07) is 10.8. The first kappa shape index (κ1) is 23.5. The van der Waals surface area contributed by atoms with E-state index >= 15 is 0 Å². The number of para-hydroxylation sites is 1. The number of benzene rings is 2. The fourth-order valence-electron chi connectivity index (χ4n) is 3.50. The molecular formula is C22H28O8S. The minimum absolute atomic E-state index is 0.350. The average molecular weight is 453 g/mol. The van der Waals surface area contributed by atoms with Gasteiger partial charge in [0.15, 0.2) is 5.44 Å². The van der Waals surface area contributed by atoms with Gasteiger partial charge in [0.05, 0.1) is 39.3 Å². The number of rotatable bonds is 8. The molecule has 1 fully saturated rings.